The maximum atomic E-state index is 12.7. The Morgan fingerprint density at radius 3 is 2.52 bits per heavy atom. The molecule has 0 unspecified atom stereocenters. The van der Waals surface area contributed by atoms with Gasteiger partial charge < -0.3 is 9.32 Å². The lowest BCUT2D eigenvalue weighted by molar-refractivity contribution is -0.384. The molecule has 0 bridgehead atoms. The van der Waals surface area contributed by atoms with E-state index in [1.807, 2.05) is 31.2 Å². The van der Waals surface area contributed by atoms with Crippen molar-refractivity contribution in [1.29, 1.82) is 0 Å². The molecule has 3 aromatic rings. The first-order valence-electron chi connectivity index (χ1n) is 8.56. The van der Waals surface area contributed by atoms with E-state index in [1.54, 1.807) is 35.2 Å². The summed E-state index contributed by atoms with van der Waals surface area (Å²) < 4.78 is 5.85. The number of fused-ring (bicyclic) bond motifs is 1. The van der Waals surface area contributed by atoms with Gasteiger partial charge in [0.15, 0.2) is 0 Å². The molecule has 0 saturated carbocycles. The molecule has 2 heterocycles. The first kappa shape index (κ1) is 16.8. The summed E-state index contributed by atoms with van der Waals surface area (Å²) in [6, 6.07) is 17.4. The predicted octanol–water partition coefficient (Wildman–Crippen LogP) is 4.76. The Kier molecular flexibility index (Phi) is 4.08. The fourth-order valence-corrected chi connectivity index (χ4v) is 3.24. The second kappa shape index (κ2) is 6.57. The van der Waals surface area contributed by atoms with Gasteiger partial charge in [0.25, 0.3) is 11.6 Å². The van der Waals surface area contributed by atoms with Gasteiger partial charge in [-0.25, -0.2) is 0 Å². The second-order valence-corrected chi connectivity index (χ2v) is 6.13. The number of carbonyl (C=O) groups excluding carboxylic acids is 1. The number of para-hydroxylation sites is 1. The number of amides is 1. The summed E-state index contributed by atoms with van der Waals surface area (Å²) in [6.07, 6.45) is 1.74. The minimum atomic E-state index is -0.440. The first-order valence-corrected chi connectivity index (χ1v) is 8.56. The van der Waals surface area contributed by atoms with Gasteiger partial charge in [-0.2, -0.15) is 0 Å². The smallest absolute Gasteiger partial charge is 0.269 e. The summed E-state index contributed by atoms with van der Waals surface area (Å²) in [6.45, 7) is 2.54. The average molecular weight is 360 g/mol. The van der Waals surface area contributed by atoms with Gasteiger partial charge in [-0.1, -0.05) is 18.2 Å². The van der Waals surface area contributed by atoms with Crippen LogP contribution >= 0.6 is 0 Å². The lowest BCUT2D eigenvalue weighted by Gasteiger charge is -2.13. The average Bonchev–Trinajstić information content (AvgIpc) is 3.25. The molecule has 134 valence electrons. The summed E-state index contributed by atoms with van der Waals surface area (Å²) in [5.74, 6) is 1.09. The Morgan fingerprint density at radius 1 is 1.07 bits per heavy atom. The molecular formula is C21H16N2O4. The highest BCUT2D eigenvalue weighted by Crippen LogP contribution is 2.37. The minimum absolute atomic E-state index is 0.0282. The van der Waals surface area contributed by atoms with Crippen molar-refractivity contribution in [3.05, 3.63) is 82.1 Å². The second-order valence-electron chi connectivity index (χ2n) is 6.13. The molecule has 0 aliphatic carbocycles. The highest BCUT2D eigenvalue weighted by molar-refractivity contribution is 6.35. The van der Waals surface area contributed by atoms with E-state index in [9.17, 15) is 14.9 Å². The van der Waals surface area contributed by atoms with Crippen molar-refractivity contribution in [2.45, 2.75) is 6.92 Å². The zero-order valence-electron chi connectivity index (χ0n) is 14.6. The zero-order valence-corrected chi connectivity index (χ0v) is 14.6. The number of likely N-dealkylation sites (N-methyl/N-ethyl adjacent to an activating group) is 1. The van der Waals surface area contributed by atoms with Crippen LogP contribution in [-0.4, -0.2) is 17.4 Å². The van der Waals surface area contributed by atoms with Crippen molar-refractivity contribution in [1.82, 2.24) is 0 Å². The molecule has 6 nitrogen and oxygen atoms in total. The van der Waals surface area contributed by atoms with E-state index in [4.69, 9.17) is 4.42 Å². The van der Waals surface area contributed by atoms with Gasteiger partial charge in [0.05, 0.1) is 16.2 Å². The number of hydrogen-bond donors (Lipinski definition) is 0. The van der Waals surface area contributed by atoms with Crippen molar-refractivity contribution >= 4 is 28.9 Å². The van der Waals surface area contributed by atoms with Gasteiger partial charge in [0.2, 0.25) is 0 Å². The van der Waals surface area contributed by atoms with E-state index < -0.39 is 4.92 Å². The van der Waals surface area contributed by atoms with Crippen molar-refractivity contribution < 1.29 is 14.1 Å². The Morgan fingerprint density at radius 2 is 1.81 bits per heavy atom. The standard InChI is InChI=1S/C21H16N2O4/c1-2-22-19-6-4-3-5-17(19)18(21(22)24)13-16-11-12-20(27-16)14-7-9-15(10-8-14)23(25)26/h3-13H,2H2,1H3/b18-13-. The summed E-state index contributed by atoms with van der Waals surface area (Å²) in [7, 11) is 0. The topological polar surface area (TPSA) is 76.6 Å². The van der Waals surface area contributed by atoms with Gasteiger partial charge >= 0.3 is 0 Å². The quantitative estimate of drug-likeness (QED) is 0.382. The molecular weight excluding hydrogens is 344 g/mol. The lowest BCUT2D eigenvalue weighted by Crippen LogP contribution is -2.25. The van der Waals surface area contributed by atoms with Gasteiger partial charge in [0, 0.05) is 29.8 Å². The maximum Gasteiger partial charge on any atom is 0.269 e. The predicted molar refractivity (Wildman–Crippen MR) is 103 cm³/mol. The van der Waals surface area contributed by atoms with Crippen LogP contribution in [0, 0.1) is 10.1 Å². The van der Waals surface area contributed by atoms with Crippen LogP contribution in [0.3, 0.4) is 0 Å². The molecule has 27 heavy (non-hydrogen) atoms. The number of nitro benzene ring substituents is 1. The summed E-state index contributed by atoms with van der Waals surface area (Å²) >= 11 is 0. The number of nitro groups is 1. The lowest BCUT2D eigenvalue weighted by atomic mass is 10.1. The number of carbonyl (C=O) groups is 1. The normalized spacial score (nSPS) is 14.6. The highest BCUT2D eigenvalue weighted by atomic mass is 16.6. The summed E-state index contributed by atoms with van der Waals surface area (Å²) in [5, 5.41) is 10.8. The van der Waals surface area contributed by atoms with E-state index >= 15 is 0 Å². The fraction of sp³-hybridized carbons (Fsp3) is 0.0952. The van der Waals surface area contributed by atoms with Gasteiger partial charge in [0.1, 0.15) is 11.5 Å². The molecule has 0 spiro atoms. The van der Waals surface area contributed by atoms with Crippen molar-refractivity contribution in [2.24, 2.45) is 0 Å². The molecule has 0 N–H and O–H groups in total. The van der Waals surface area contributed by atoms with Crippen LogP contribution in [-0.2, 0) is 4.79 Å². The van der Waals surface area contributed by atoms with Crippen molar-refractivity contribution in [2.75, 3.05) is 11.4 Å². The molecule has 2 aromatic carbocycles. The number of anilines is 1. The largest absolute Gasteiger partial charge is 0.457 e. The van der Waals surface area contributed by atoms with Gasteiger partial charge in [-0.3, -0.25) is 14.9 Å². The third kappa shape index (κ3) is 2.91. The van der Waals surface area contributed by atoms with Gasteiger partial charge in [-0.15, -0.1) is 0 Å². The Balaban J connectivity index is 1.68. The minimum Gasteiger partial charge on any atom is -0.457 e. The van der Waals surface area contributed by atoms with E-state index in [1.165, 1.54) is 12.1 Å². The number of nitrogens with zero attached hydrogens (tertiary/aromatic N) is 2. The zero-order chi connectivity index (χ0) is 19.0. The SMILES string of the molecule is CCN1C(=O)/C(=C\c2ccc(-c3ccc([N+](=O)[O-])cc3)o2)c2ccccc21. The fourth-order valence-electron chi connectivity index (χ4n) is 3.24. The first-order chi connectivity index (χ1) is 13.1. The van der Waals surface area contributed by atoms with E-state index in [2.05, 4.69) is 0 Å². The molecule has 1 amide bonds. The summed E-state index contributed by atoms with van der Waals surface area (Å²) in [4.78, 5) is 24.8. The van der Waals surface area contributed by atoms with Gasteiger partial charge in [-0.05, 0) is 43.3 Å². The molecule has 6 heteroatoms. The van der Waals surface area contributed by atoms with Crippen LogP contribution in [0.2, 0.25) is 0 Å². The third-order valence-corrected chi connectivity index (χ3v) is 4.55. The molecule has 0 saturated heterocycles. The molecule has 0 atom stereocenters. The van der Waals surface area contributed by atoms with E-state index in [-0.39, 0.29) is 11.6 Å². The molecule has 0 fully saturated rings. The van der Waals surface area contributed by atoms with Crippen LogP contribution in [0.15, 0.2) is 65.1 Å². The number of hydrogen-bond acceptors (Lipinski definition) is 4. The van der Waals surface area contributed by atoms with Crippen LogP contribution < -0.4 is 4.90 Å². The van der Waals surface area contributed by atoms with E-state index in [0.717, 1.165) is 16.8 Å². The van der Waals surface area contributed by atoms with E-state index in [0.29, 0.717) is 23.6 Å². The Labute approximate surface area is 155 Å². The Hall–Kier alpha value is -3.67. The van der Waals surface area contributed by atoms with Crippen LogP contribution in [0.5, 0.6) is 0 Å². The Bertz CT molecular complexity index is 1060. The number of benzene rings is 2. The van der Waals surface area contributed by atoms with Crippen molar-refractivity contribution in [3.8, 4) is 11.3 Å². The summed E-state index contributed by atoms with van der Waals surface area (Å²) in [5.41, 5.74) is 3.15. The number of rotatable bonds is 4. The van der Waals surface area contributed by atoms with Crippen LogP contribution in [0.1, 0.15) is 18.2 Å². The molecule has 1 aliphatic rings. The van der Waals surface area contributed by atoms with Crippen LogP contribution in [0.4, 0.5) is 11.4 Å². The third-order valence-electron chi connectivity index (χ3n) is 4.55. The monoisotopic (exact) mass is 360 g/mol. The molecule has 0 radical (unpaired) electrons. The maximum absolute atomic E-state index is 12.7. The molecule has 1 aliphatic heterocycles. The molecule has 4 rings (SSSR count). The van der Waals surface area contributed by atoms with Crippen molar-refractivity contribution in [3.63, 3.8) is 0 Å². The molecule has 1 aromatic heterocycles. The number of furan rings is 1. The highest BCUT2D eigenvalue weighted by Gasteiger charge is 2.31. The number of non-ortho nitro benzene ring substituents is 1. The van der Waals surface area contributed by atoms with Crippen LogP contribution in [0.25, 0.3) is 23.0 Å².